The molecule has 0 amide bonds. The third-order valence-corrected chi connectivity index (χ3v) is 3.92. The van der Waals surface area contributed by atoms with Gasteiger partial charge in [-0.05, 0) is 31.4 Å². The summed E-state index contributed by atoms with van der Waals surface area (Å²) in [6, 6.07) is 10.1. The number of unbranched alkanes of at least 4 members (excludes halogenated alkanes) is 1. The Morgan fingerprint density at radius 2 is 2.00 bits per heavy atom. The smallest absolute Gasteiger partial charge is 0.227 e. The zero-order chi connectivity index (χ0) is 17.4. The molecule has 5 nitrogen and oxygen atoms in total. The van der Waals surface area contributed by atoms with Gasteiger partial charge in [-0.1, -0.05) is 31.5 Å². The Bertz CT molecular complexity index is 645. The van der Waals surface area contributed by atoms with Crippen LogP contribution in [0.25, 0.3) is 0 Å². The minimum absolute atomic E-state index is 0.781. The summed E-state index contributed by atoms with van der Waals surface area (Å²) in [7, 11) is 3.75. The summed E-state index contributed by atoms with van der Waals surface area (Å²) in [4.78, 5) is 11.3. The first-order valence-electron chi connectivity index (χ1n) is 8.56. The molecule has 0 radical (unpaired) electrons. The van der Waals surface area contributed by atoms with Crippen LogP contribution >= 0.6 is 0 Å². The van der Waals surface area contributed by atoms with Crippen molar-refractivity contribution in [3.8, 4) is 5.75 Å². The number of ether oxygens (including phenoxy) is 1. The van der Waals surface area contributed by atoms with Gasteiger partial charge in [-0.2, -0.15) is 4.98 Å². The van der Waals surface area contributed by atoms with Crippen LogP contribution in [-0.4, -0.2) is 37.2 Å². The Morgan fingerprint density at radius 1 is 1.21 bits per heavy atom. The Kier molecular flexibility index (Phi) is 6.85. The van der Waals surface area contributed by atoms with Crippen LogP contribution in [-0.2, 0) is 6.42 Å². The molecule has 5 heteroatoms. The molecule has 130 valence electrons. The van der Waals surface area contributed by atoms with Crippen molar-refractivity contribution in [2.24, 2.45) is 0 Å². The first kappa shape index (κ1) is 18.0. The molecule has 1 aromatic heterocycles. The Hall–Kier alpha value is -2.30. The van der Waals surface area contributed by atoms with E-state index in [2.05, 4.69) is 33.2 Å². The van der Waals surface area contributed by atoms with Gasteiger partial charge in [-0.25, -0.2) is 4.98 Å². The summed E-state index contributed by atoms with van der Waals surface area (Å²) < 4.78 is 5.40. The van der Waals surface area contributed by atoms with E-state index in [4.69, 9.17) is 4.74 Å². The second-order valence-corrected chi connectivity index (χ2v) is 5.96. The fourth-order valence-electron chi connectivity index (χ4n) is 2.54. The van der Waals surface area contributed by atoms with E-state index < -0.39 is 0 Å². The van der Waals surface area contributed by atoms with E-state index in [0.717, 1.165) is 49.1 Å². The van der Waals surface area contributed by atoms with Gasteiger partial charge in [-0.3, -0.25) is 0 Å². The van der Waals surface area contributed by atoms with Crippen molar-refractivity contribution in [1.82, 2.24) is 9.97 Å². The number of nitrogens with zero attached hydrogens (tertiary/aromatic N) is 3. The zero-order valence-electron chi connectivity index (χ0n) is 15.2. The molecular formula is C19H28N4O. The van der Waals surface area contributed by atoms with Gasteiger partial charge < -0.3 is 15.0 Å². The molecule has 0 atom stereocenters. The fourth-order valence-corrected chi connectivity index (χ4v) is 2.54. The van der Waals surface area contributed by atoms with Crippen LogP contribution < -0.4 is 15.0 Å². The van der Waals surface area contributed by atoms with E-state index in [0.29, 0.717) is 0 Å². The molecule has 24 heavy (non-hydrogen) atoms. The molecule has 0 bridgehead atoms. The summed E-state index contributed by atoms with van der Waals surface area (Å²) >= 11 is 0. The average molecular weight is 328 g/mol. The molecule has 0 spiro atoms. The van der Waals surface area contributed by atoms with Gasteiger partial charge in [-0.15, -0.1) is 0 Å². The lowest BCUT2D eigenvalue weighted by Gasteiger charge is -2.18. The molecule has 1 heterocycles. The molecule has 0 saturated carbocycles. The second-order valence-electron chi connectivity index (χ2n) is 5.96. The molecule has 0 fully saturated rings. The predicted octanol–water partition coefficient (Wildman–Crippen LogP) is 3.68. The lowest BCUT2D eigenvalue weighted by molar-refractivity contribution is 0.410. The SMILES string of the molecule is CCCCN(C)c1nc(C)cc(NCCc2ccccc2OC)n1. The van der Waals surface area contributed by atoms with Gasteiger partial charge in [0.25, 0.3) is 0 Å². The number of nitrogens with one attached hydrogen (secondary N) is 1. The van der Waals surface area contributed by atoms with Crippen LogP contribution in [0.5, 0.6) is 5.75 Å². The normalized spacial score (nSPS) is 10.5. The highest BCUT2D eigenvalue weighted by Crippen LogP contribution is 2.18. The van der Waals surface area contributed by atoms with Crippen LogP contribution in [0.15, 0.2) is 30.3 Å². The van der Waals surface area contributed by atoms with E-state index in [1.807, 2.05) is 38.2 Å². The van der Waals surface area contributed by atoms with Gasteiger partial charge in [0, 0.05) is 31.9 Å². The molecule has 1 aromatic carbocycles. The molecule has 0 unspecified atom stereocenters. The van der Waals surface area contributed by atoms with Gasteiger partial charge in [0.2, 0.25) is 5.95 Å². The second kappa shape index (κ2) is 9.11. The zero-order valence-corrected chi connectivity index (χ0v) is 15.2. The van der Waals surface area contributed by atoms with Crippen molar-refractivity contribution >= 4 is 11.8 Å². The van der Waals surface area contributed by atoms with Crippen molar-refractivity contribution in [3.05, 3.63) is 41.6 Å². The van der Waals surface area contributed by atoms with Crippen molar-refractivity contribution in [2.75, 3.05) is 37.5 Å². The quantitative estimate of drug-likeness (QED) is 0.761. The lowest BCUT2D eigenvalue weighted by atomic mass is 10.1. The van der Waals surface area contributed by atoms with Crippen molar-refractivity contribution in [2.45, 2.75) is 33.1 Å². The molecule has 0 saturated heterocycles. The number of para-hydroxylation sites is 1. The Morgan fingerprint density at radius 3 is 2.75 bits per heavy atom. The average Bonchev–Trinajstić information content (AvgIpc) is 2.59. The van der Waals surface area contributed by atoms with Crippen molar-refractivity contribution < 1.29 is 4.74 Å². The fraction of sp³-hybridized carbons (Fsp3) is 0.474. The third-order valence-electron chi connectivity index (χ3n) is 3.92. The highest BCUT2D eigenvalue weighted by molar-refractivity contribution is 5.43. The minimum Gasteiger partial charge on any atom is -0.496 e. The van der Waals surface area contributed by atoms with E-state index in [1.165, 1.54) is 12.0 Å². The number of aromatic nitrogens is 2. The van der Waals surface area contributed by atoms with Gasteiger partial charge in [0.1, 0.15) is 11.6 Å². The molecule has 2 rings (SSSR count). The molecule has 0 aliphatic rings. The number of benzene rings is 1. The summed E-state index contributed by atoms with van der Waals surface area (Å²) in [5.41, 5.74) is 2.17. The number of rotatable bonds is 9. The highest BCUT2D eigenvalue weighted by Gasteiger charge is 2.07. The first-order chi connectivity index (χ1) is 11.6. The maximum atomic E-state index is 5.40. The Labute approximate surface area is 145 Å². The maximum absolute atomic E-state index is 5.40. The van der Waals surface area contributed by atoms with E-state index in [1.54, 1.807) is 7.11 Å². The number of aryl methyl sites for hydroxylation is 1. The number of anilines is 2. The van der Waals surface area contributed by atoms with Gasteiger partial charge in [0.05, 0.1) is 7.11 Å². The van der Waals surface area contributed by atoms with E-state index in [-0.39, 0.29) is 0 Å². The monoisotopic (exact) mass is 328 g/mol. The molecule has 0 aliphatic heterocycles. The largest absolute Gasteiger partial charge is 0.496 e. The van der Waals surface area contributed by atoms with Crippen molar-refractivity contribution in [1.29, 1.82) is 0 Å². The Balaban J connectivity index is 1.98. The van der Waals surface area contributed by atoms with E-state index >= 15 is 0 Å². The highest BCUT2D eigenvalue weighted by atomic mass is 16.5. The minimum atomic E-state index is 0.781. The predicted molar refractivity (Wildman–Crippen MR) is 100 cm³/mol. The molecule has 2 aromatic rings. The van der Waals surface area contributed by atoms with Crippen LogP contribution in [0.3, 0.4) is 0 Å². The first-order valence-corrected chi connectivity index (χ1v) is 8.56. The van der Waals surface area contributed by atoms with Gasteiger partial charge in [0.15, 0.2) is 0 Å². The van der Waals surface area contributed by atoms with Crippen LogP contribution in [0.4, 0.5) is 11.8 Å². The van der Waals surface area contributed by atoms with Crippen molar-refractivity contribution in [3.63, 3.8) is 0 Å². The molecular weight excluding hydrogens is 300 g/mol. The van der Waals surface area contributed by atoms with Crippen LogP contribution in [0.2, 0.25) is 0 Å². The summed E-state index contributed by atoms with van der Waals surface area (Å²) in [5, 5.41) is 3.40. The van der Waals surface area contributed by atoms with Gasteiger partial charge >= 0.3 is 0 Å². The number of hydrogen-bond acceptors (Lipinski definition) is 5. The standard InChI is InChI=1S/C19H28N4O/c1-5-6-13-23(3)19-21-15(2)14-18(22-19)20-12-11-16-9-7-8-10-17(16)24-4/h7-10,14H,5-6,11-13H2,1-4H3,(H,20,21,22). The third kappa shape index (κ3) is 5.11. The molecule has 1 N–H and O–H groups in total. The maximum Gasteiger partial charge on any atom is 0.227 e. The van der Waals surface area contributed by atoms with Crippen LogP contribution in [0.1, 0.15) is 31.0 Å². The topological polar surface area (TPSA) is 50.3 Å². The summed E-state index contributed by atoms with van der Waals surface area (Å²) in [6.45, 7) is 5.97. The summed E-state index contributed by atoms with van der Waals surface area (Å²) in [5.74, 6) is 2.58. The molecule has 0 aliphatic carbocycles. The van der Waals surface area contributed by atoms with E-state index in [9.17, 15) is 0 Å². The lowest BCUT2D eigenvalue weighted by Crippen LogP contribution is -2.22. The van der Waals surface area contributed by atoms with Crippen LogP contribution in [0, 0.1) is 6.92 Å². The number of hydrogen-bond donors (Lipinski definition) is 1. The summed E-state index contributed by atoms with van der Waals surface area (Å²) in [6.07, 6.45) is 3.19. The number of methoxy groups -OCH3 is 1.